The highest BCUT2D eigenvalue weighted by atomic mass is 15.2. The lowest BCUT2D eigenvalue weighted by Gasteiger charge is -2.37. The first kappa shape index (κ1) is 32.4. The van der Waals surface area contributed by atoms with Gasteiger partial charge in [0, 0.05) is 34.2 Å². The maximum absolute atomic E-state index is 4.81. The van der Waals surface area contributed by atoms with Crippen molar-refractivity contribution in [1.29, 1.82) is 0 Å². The van der Waals surface area contributed by atoms with Gasteiger partial charge in [0.2, 0.25) is 0 Å². The van der Waals surface area contributed by atoms with Crippen LogP contribution in [0.25, 0.3) is 22.3 Å². The smallest absolute Gasteiger partial charge is 0.137 e. The molecular formula is C46H47N3. The zero-order chi connectivity index (χ0) is 34.6. The molecule has 6 aromatic rings. The van der Waals surface area contributed by atoms with E-state index < -0.39 is 0 Å². The molecule has 0 bridgehead atoms. The SMILES string of the molecule is CC(C)(C)c1cc(-c2cc(N(c3ccccc3)c3ccccn3)cc(C(C)(C)C)c2)cc(-c2cccc3c2Nc2ccccc2C3(C)C)c1. The maximum atomic E-state index is 4.81. The summed E-state index contributed by atoms with van der Waals surface area (Å²) in [5.41, 5.74) is 14.4. The van der Waals surface area contributed by atoms with E-state index >= 15 is 0 Å². The van der Waals surface area contributed by atoms with Crippen LogP contribution in [0.5, 0.6) is 0 Å². The van der Waals surface area contributed by atoms with E-state index in [-0.39, 0.29) is 16.2 Å². The van der Waals surface area contributed by atoms with Crippen LogP contribution in [-0.2, 0) is 16.2 Å². The summed E-state index contributed by atoms with van der Waals surface area (Å²) in [6.07, 6.45) is 1.87. The Morgan fingerprint density at radius 2 is 1.16 bits per heavy atom. The van der Waals surface area contributed by atoms with Gasteiger partial charge in [0.1, 0.15) is 5.82 Å². The average molecular weight is 642 g/mol. The van der Waals surface area contributed by atoms with Crippen LogP contribution in [0.1, 0.15) is 77.6 Å². The van der Waals surface area contributed by atoms with Crippen molar-refractivity contribution < 1.29 is 0 Å². The third-order valence-corrected chi connectivity index (χ3v) is 9.98. The number of nitrogens with zero attached hydrogens (tertiary/aromatic N) is 2. The van der Waals surface area contributed by atoms with Gasteiger partial charge in [-0.3, -0.25) is 4.90 Å². The number of rotatable bonds is 5. The molecule has 49 heavy (non-hydrogen) atoms. The Labute approximate surface area is 292 Å². The molecular weight excluding hydrogens is 595 g/mol. The molecule has 1 aliphatic heterocycles. The van der Waals surface area contributed by atoms with Crippen molar-refractivity contribution in [3.63, 3.8) is 0 Å². The fourth-order valence-corrected chi connectivity index (χ4v) is 7.06. The summed E-state index contributed by atoms with van der Waals surface area (Å²) >= 11 is 0. The summed E-state index contributed by atoms with van der Waals surface area (Å²) in [5.74, 6) is 0.889. The maximum Gasteiger partial charge on any atom is 0.137 e. The zero-order valence-corrected chi connectivity index (χ0v) is 30.1. The molecule has 0 fully saturated rings. The van der Waals surface area contributed by atoms with E-state index in [0.29, 0.717) is 0 Å². The highest BCUT2D eigenvalue weighted by molar-refractivity contribution is 5.90. The van der Waals surface area contributed by atoms with Gasteiger partial charge in [-0.15, -0.1) is 0 Å². The van der Waals surface area contributed by atoms with Crippen molar-refractivity contribution in [3.05, 3.63) is 156 Å². The monoisotopic (exact) mass is 641 g/mol. The number of benzene rings is 5. The van der Waals surface area contributed by atoms with Crippen molar-refractivity contribution in [2.45, 2.75) is 71.6 Å². The van der Waals surface area contributed by atoms with Crippen LogP contribution >= 0.6 is 0 Å². The Balaban J connectivity index is 1.45. The van der Waals surface area contributed by atoms with Gasteiger partial charge >= 0.3 is 0 Å². The van der Waals surface area contributed by atoms with Gasteiger partial charge in [0.15, 0.2) is 0 Å². The lowest BCUT2D eigenvalue weighted by Crippen LogP contribution is -2.26. The molecule has 0 atom stereocenters. The van der Waals surface area contributed by atoms with Crippen molar-refractivity contribution >= 4 is 28.6 Å². The van der Waals surface area contributed by atoms with Crippen LogP contribution in [0, 0.1) is 0 Å². The van der Waals surface area contributed by atoms with E-state index in [1.165, 1.54) is 55.9 Å². The Morgan fingerprint density at radius 3 is 1.86 bits per heavy atom. The third kappa shape index (κ3) is 6.15. The third-order valence-electron chi connectivity index (χ3n) is 9.98. The Hall–Kier alpha value is -5.15. The first-order chi connectivity index (χ1) is 23.3. The number of fused-ring (bicyclic) bond motifs is 2. The topological polar surface area (TPSA) is 28.2 Å². The van der Waals surface area contributed by atoms with E-state index in [4.69, 9.17) is 4.98 Å². The van der Waals surface area contributed by atoms with Crippen LogP contribution in [0.3, 0.4) is 0 Å². The molecule has 1 N–H and O–H groups in total. The van der Waals surface area contributed by atoms with Gasteiger partial charge in [-0.05, 0) is 98.3 Å². The Morgan fingerprint density at radius 1 is 0.551 bits per heavy atom. The number of anilines is 5. The van der Waals surface area contributed by atoms with Gasteiger partial charge in [-0.1, -0.05) is 134 Å². The molecule has 7 rings (SSSR count). The number of hydrogen-bond acceptors (Lipinski definition) is 3. The van der Waals surface area contributed by atoms with Crippen molar-refractivity contribution in [2.24, 2.45) is 0 Å². The molecule has 2 heterocycles. The summed E-state index contributed by atoms with van der Waals surface area (Å²) in [7, 11) is 0. The summed E-state index contributed by atoms with van der Waals surface area (Å²) in [4.78, 5) is 7.08. The van der Waals surface area contributed by atoms with Gasteiger partial charge in [-0.2, -0.15) is 0 Å². The Bertz CT molecular complexity index is 2090. The zero-order valence-electron chi connectivity index (χ0n) is 30.1. The molecule has 0 unspecified atom stereocenters. The van der Waals surface area contributed by atoms with E-state index in [9.17, 15) is 0 Å². The van der Waals surface area contributed by atoms with Gasteiger partial charge in [0.25, 0.3) is 0 Å². The Kier molecular flexibility index (Phi) is 7.98. The molecule has 0 aliphatic carbocycles. The van der Waals surface area contributed by atoms with E-state index in [1.807, 2.05) is 12.3 Å². The minimum absolute atomic E-state index is 0.0482. The van der Waals surface area contributed by atoms with Gasteiger partial charge in [0.05, 0.1) is 5.69 Å². The number of hydrogen-bond donors (Lipinski definition) is 1. The van der Waals surface area contributed by atoms with Crippen molar-refractivity contribution in [2.75, 3.05) is 10.2 Å². The second-order valence-corrected chi connectivity index (χ2v) is 16.0. The molecule has 0 saturated carbocycles. The predicted octanol–water partition coefficient (Wildman–Crippen LogP) is 12.9. The summed E-state index contributed by atoms with van der Waals surface area (Å²) in [5, 5.41) is 3.86. The molecule has 1 aliphatic rings. The van der Waals surface area contributed by atoms with Crippen LogP contribution in [-0.4, -0.2) is 4.98 Å². The van der Waals surface area contributed by atoms with E-state index in [0.717, 1.165) is 17.2 Å². The molecule has 246 valence electrons. The predicted molar refractivity (Wildman–Crippen MR) is 209 cm³/mol. The summed E-state index contributed by atoms with van der Waals surface area (Å²) < 4.78 is 0. The minimum atomic E-state index is -0.125. The highest BCUT2D eigenvalue weighted by Gasteiger charge is 2.34. The number of para-hydroxylation sites is 3. The van der Waals surface area contributed by atoms with E-state index in [1.54, 1.807) is 0 Å². The van der Waals surface area contributed by atoms with E-state index in [2.05, 4.69) is 187 Å². The first-order valence-electron chi connectivity index (χ1n) is 17.4. The fourth-order valence-electron chi connectivity index (χ4n) is 7.06. The molecule has 3 nitrogen and oxygen atoms in total. The quantitative estimate of drug-likeness (QED) is 0.203. The number of nitrogens with one attached hydrogen (secondary N) is 1. The number of pyridine rings is 1. The minimum Gasteiger partial charge on any atom is -0.355 e. The largest absolute Gasteiger partial charge is 0.355 e. The number of aromatic nitrogens is 1. The van der Waals surface area contributed by atoms with Gasteiger partial charge in [-0.25, -0.2) is 4.98 Å². The molecule has 0 saturated heterocycles. The second-order valence-electron chi connectivity index (χ2n) is 16.0. The lowest BCUT2D eigenvalue weighted by atomic mass is 9.73. The first-order valence-corrected chi connectivity index (χ1v) is 17.4. The molecule has 0 radical (unpaired) electrons. The van der Waals surface area contributed by atoms with Crippen LogP contribution in [0.4, 0.5) is 28.6 Å². The van der Waals surface area contributed by atoms with Crippen LogP contribution < -0.4 is 10.2 Å². The van der Waals surface area contributed by atoms with Crippen molar-refractivity contribution in [1.82, 2.24) is 4.98 Å². The summed E-state index contributed by atoms with van der Waals surface area (Å²) in [6, 6.07) is 46.4. The standard InChI is InChI=1S/C46H47N3/c1-44(2,3)34-26-31(25-33(28-34)38-19-16-21-40-43(38)48-41-22-13-12-20-39(41)46(40,7)8)32-27-35(45(4,5)6)30-37(29-32)49(36-17-10-9-11-18-36)42-23-14-15-24-47-42/h9-30,48H,1-8H3. The molecule has 0 amide bonds. The van der Waals surface area contributed by atoms with Gasteiger partial charge < -0.3 is 5.32 Å². The second kappa shape index (κ2) is 12.1. The van der Waals surface area contributed by atoms with Crippen LogP contribution in [0.15, 0.2) is 134 Å². The normalized spacial score (nSPS) is 13.6. The molecule has 3 heteroatoms. The lowest BCUT2D eigenvalue weighted by molar-refractivity contribution is 0.589. The fraction of sp³-hybridized carbons (Fsp3) is 0.239. The van der Waals surface area contributed by atoms with Crippen molar-refractivity contribution in [3.8, 4) is 22.3 Å². The van der Waals surface area contributed by atoms with Crippen LogP contribution in [0.2, 0.25) is 0 Å². The molecule has 0 spiro atoms. The highest BCUT2D eigenvalue weighted by Crippen LogP contribution is 2.49. The average Bonchev–Trinajstić information content (AvgIpc) is 3.08. The molecule has 5 aromatic carbocycles. The summed E-state index contributed by atoms with van der Waals surface area (Å²) in [6.45, 7) is 18.5. The molecule has 1 aromatic heterocycles.